The molecule has 1 fully saturated rings. The molecule has 1 heterocycles. The van der Waals surface area contributed by atoms with Gasteiger partial charge in [0, 0.05) is 24.1 Å². The van der Waals surface area contributed by atoms with Crippen molar-refractivity contribution in [2.24, 2.45) is 5.73 Å². The van der Waals surface area contributed by atoms with Gasteiger partial charge in [0.05, 0.1) is 5.54 Å². The Bertz CT molecular complexity index is 231. The molecule has 88 valence electrons. The van der Waals surface area contributed by atoms with E-state index in [9.17, 15) is 4.79 Å². The summed E-state index contributed by atoms with van der Waals surface area (Å²) in [6.07, 6.45) is 1.83. The van der Waals surface area contributed by atoms with Crippen LogP contribution in [-0.4, -0.2) is 40.4 Å². The maximum atomic E-state index is 12.1. The second-order valence-corrected chi connectivity index (χ2v) is 5.83. The van der Waals surface area contributed by atoms with Crippen molar-refractivity contribution in [2.75, 3.05) is 18.8 Å². The zero-order chi connectivity index (χ0) is 11.5. The van der Waals surface area contributed by atoms with Crippen LogP contribution in [0.3, 0.4) is 0 Å². The van der Waals surface area contributed by atoms with Crippen LogP contribution in [0.15, 0.2) is 0 Å². The number of rotatable bonds is 3. The van der Waals surface area contributed by atoms with Crippen molar-refractivity contribution >= 4 is 17.7 Å². The Kier molecular flexibility index (Phi) is 4.46. The van der Waals surface area contributed by atoms with E-state index in [-0.39, 0.29) is 5.91 Å². The highest BCUT2D eigenvalue weighted by molar-refractivity contribution is 8.00. The standard InChI is InChI=1S/C11H22N2OS/c1-4-9-8-13(6-7-15-9)10(14)11(3,12)5-2/h9H,4-8,12H2,1-3H3. The molecule has 1 amide bonds. The lowest BCUT2D eigenvalue weighted by molar-refractivity contribution is -0.136. The maximum Gasteiger partial charge on any atom is 0.242 e. The third-order valence-corrected chi connectivity index (χ3v) is 4.48. The van der Waals surface area contributed by atoms with E-state index >= 15 is 0 Å². The molecule has 0 saturated carbocycles. The fourth-order valence-corrected chi connectivity index (χ4v) is 2.84. The van der Waals surface area contributed by atoms with Gasteiger partial charge in [-0.3, -0.25) is 4.79 Å². The van der Waals surface area contributed by atoms with Gasteiger partial charge in [-0.25, -0.2) is 0 Å². The van der Waals surface area contributed by atoms with E-state index in [2.05, 4.69) is 6.92 Å². The van der Waals surface area contributed by atoms with Crippen LogP contribution >= 0.6 is 11.8 Å². The van der Waals surface area contributed by atoms with Gasteiger partial charge in [0.1, 0.15) is 0 Å². The predicted octanol–water partition coefficient (Wildman–Crippen LogP) is 1.47. The van der Waals surface area contributed by atoms with Crippen LogP contribution in [0.5, 0.6) is 0 Å². The number of nitrogens with two attached hydrogens (primary N) is 1. The maximum absolute atomic E-state index is 12.1. The Morgan fingerprint density at radius 1 is 1.60 bits per heavy atom. The largest absolute Gasteiger partial charge is 0.339 e. The zero-order valence-electron chi connectivity index (χ0n) is 9.95. The van der Waals surface area contributed by atoms with Gasteiger partial charge in [-0.1, -0.05) is 13.8 Å². The molecule has 0 aromatic carbocycles. The lowest BCUT2D eigenvalue weighted by Crippen LogP contribution is -2.55. The van der Waals surface area contributed by atoms with Crippen molar-refractivity contribution < 1.29 is 4.79 Å². The summed E-state index contributed by atoms with van der Waals surface area (Å²) in [5.74, 6) is 1.16. The number of carbonyl (C=O) groups excluding carboxylic acids is 1. The molecule has 4 heteroatoms. The summed E-state index contributed by atoms with van der Waals surface area (Å²) in [5.41, 5.74) is 5.30. The smallest absolute Gasteiger partial charge is 0.242 e. The van der Waals surface area contributed by atoms with Crippen LogP contribution in [-0.2, 0) is 4.79 Å². The molecule has 2 N–H and O–H groups in total. The van der Waals surface area contributed by atoms with Crippen molar-refractivity contribution in [3.8, 4) is 0 Å². The lowest BCUT2D eigenvalue weighted by atomic mass is 9.98. The third kappa shape index (κ3) is 3.11. The molecule has 1 saturated heterocycles. The minimum absolute atomic E-state index is 0.115. The molecule has 1 rings (SSSR count). The van der Waals surface area contributed by atoms with Crippen molar-refractivity contribution in [1.82, 2.24) is 4.90 Å². The average molecular weight is 230 g/mol. The summed E-state index contributed by atoms with van der Waals surface area (Å²) in [5, 5.41) is 0.593. The summed E-state index contributed by atoms with van der Waals surface area (Å²) >= 11 is 1.97. The highest BCUT2D eigenvalue weighted by atomic mass is 32.2. The summed E-state index contributed by atoms with van der Waals surface area (Å²) in [4.78, 5) is 14.0. The highest BCUT2D eigenvalue weighted by Gasteiger charge is 2.33. The van der Waals surface area contributed by atoms with Crippen LogP contribution in [0.25, 0.3) is 0 Å². The second-order valence-electron chi connectivity index (χ2n) is 4.42. The molecule has 2 atom stereocenters. The van der Waals surface area contributed by atoms with Gasteiger partial charge in [-0.2, -0.15) is 11.8 Å². The van der Waals surface area contributed by atoms with E-state index in [1.54, 1.807) is 0 Å². The average Bonchev–Trinajstić information content (AvgIpc) is 2.28. The van der Waals surface area contributed by atoms with Crippen molar-refractivity contribution in [1.29, 1.82) is 0 Å². The van der Waals surface area contributed by atoms with E-state index in [0.29, 0.717) is 11.7 Å². The summed E-state index contributed by atoms with van der Waals surface area (Å²) in [6.45, 7) is 7.69. The Morgan fingerprint density at radius 2 is 2.27 bits per heavy atom. The zero-order valence-corrected chi connectivity index (χ0v) is 10.8. The van der Waals surface area contributed by atoms with Crippen LogP contribution in [0.4, 0.5) is 0 Å². The van der Waals surface area contributed by atoms with E-state index in [1.807, 2.05) is 30.5 Å². The fourth-order valence-electron chi connectivity index (χ4n) is 1.66. The number of carbonyl (C=O) groups is 1. The van der Waals surface area contributed by atoms with Gasteiger partial charge in [0.25, 0.3) is 0 Å². The first kappa shape index (κ1) is 12.8. The monoisotopic (exact) mass is 230 g/mol. The third-order valence-electron chi connectivity index (χ3n) is 3.10. The normalized spacial score (nSPS) is 26.1. The minimum atomic E-state index is -0.680. The SMILES string of the molecule is CCC1CN(C(=O)C(C)(N)CC)CCS1. The Morgan fingerprint density at radius 3 is 2.80 bits per heavy atom. The number of nitrogens with zero attached hydrogens (tertiary/aromatic N) is 1. The van der Waals surface area contributed by atoms with Gasteiger partial charge in [0.2, 0.25) is 5.91 Å². The molecule has 0 aliphatic carbocycles. The van der Waals surface area contributed by atoms with Gasteiger partial charge < -0.3 is 10.6 Å². The van der Waals surface area contributed by atoms with Gasteiger partial charge >= 0.3 is 0 Å². The number of thioether (sulfide) groups is 1. The topological polar surface area (TPSA) is 46.3 Å². The summed E-state index contributed by atoms with van der Waals surface area (Å²) < 4.78 is 0. The van der Waals surface area contributed by atoms with E-state index in [0.717, 1.165) is 25.3 Å². The molecule has 0 spiro atoms. The first-order valence-electron chi connectivity index (χ1n) is 5.71. The molecule has 0 aromatic heterocycles. The molecular formula is C11H22N2OS. The van der Waals surface area contributed by atoms with Gasteiger partial charge in [0.15, 0.2) is 0 Å². The molecule has 15 heavy (non-hydrogen) atoms. The summed E-state index contributed by atoms with van der Waals surface area (Å²) in [6, 6.07) is 0. The number of amides is 1. The molecule has 1 aliphatic rings. The van der Waals surface area contributed by atoms with Crippen LogP contribution in [0.1, 0.15) is 33.6 Å². The van der Waals surface area contributed by atoms with Crippen LogP contribution in [0.2, 0.25) is 0 Å². The van der Waals surface area contributed by atoms with E-state index in [1.165, 1.54) is 0 Å². The number of hydrogen-bond donors (Lipinski definition) is 1. The number of hydrogen-bond acceptors (Lipinski definition) is 3. The minimum Gasteiger partial charge on any atom is -0.339 e. The molecule has 1 aliphatic heterocycles. The van der Waals surface area contributed by atoms with Crippen molar-refractivity contribution in [2.45, 2.75) is 44.4 Å². The molecular weight excluding hydrogens is 208 g/mol. The summed E-state index contributed by atoms with van der Waals surface area (Å²) in [7, 11) is 0. The Labute approximate surface area is 96.8 Å². The first-order chi connectivity index (χ1) is 7.01. The quantitative estimate of drug-likeness (QED) is 0.798. The van der Waals surface area contributed by atoms with Crippen molar-refractivity contribution in [3.63, 3.8) is 0 Å². The van der Waals surface area contributed by atoms with Gasteiger partial charge in [-0.05, 0) is 19.8 Å². The molecule has 0 bridgehead atoms. The molecule has 2 unspecified atom stereocenters. The highest BCUT2D eigenvalue weighted by Crippen LogP contribution is 2.23. The van der Waals surface area contributed by atoms with Crippen LogP contribution < -0.4 is 5.73 Å². The molecule has 0 aromatic rings. The van der Waals surface area contributed by atoms with E-state index < -0.39 is 5.54 Å². The fraction of sp³-hybridized carbons (Fsp3) is 0.909. The van der Waals surface area contributed by atoms with Crippen LogP contribution in [0, 0.1) is 0 Å². The van der Waals surface area contributed by atoms with Gasteiger partial charge in [-0.15, -0.1) is 0 Å². The molecule has 0 radical (unpaired) electrons. The molecule has 3 nitrogen and oxygen atoms in total. The Hall–Kier alpha value is -0.220. The lowest BCUT2D eigenvalue weighted by Gasteiger charge is -2.36. The first-order valence-corrected chi connectivity index (χ1v) is 6.76. The predicted molar refractivity (Wildman–Crippen MR) is 66.0 cm³/mol. The van der Waals surface area contributed by atoms with E-state index in [4.69, 9.17) is 5.73 Å². The van der Waals surface area contributed by atoms with Crippen molar-refractivity contribution in [3.05, 3.63) is 0 Å². The Balaban J connectivity index is 2.60. The second kappa shape index (κ2) is 5.21.